The van der Waals surface area contributed by atoms with Crippen LogP contribution in [0, 0.1) is 0 Å². The van der Waals surface area contributed by atoms with Crippen molar-refractivity contribution in [3.8, 4) is 0 Å². The molecule has 1 aromatic carbocycles. The lowest BCUT2D eigenvalue weighted by molar-refractivity contribution is -0.119. The monoisotopic (exact) mass is 405 g/mol. The van der Waals surface area contributed by atoms with Crippen LogP contribution >= 0.6 is 0 Å². The van der Waals surface area contributed by atoms with Gasteiger partial charge in [0.2, 0.25) is 0 Å². The van der Waals surface area contributed by atoms with Crippen molar-refractivity contribution in [2.24, 2.45) is 4.99 Å². The number of amidine groups is 1. The molecule has 3 atom stereocenters. The van der Waals surface area contributed by atoms with Crippen LogP contribution in [0.15, 0.2) is 47.6 Å². The van der Waals surface area contributed by atoms with Gasteiger partial charge in [0.05, 0.1) is 31.9 Å². The van der Waals surface area contributed by atoms with Crippen LogP contribution < -0.4 is 0 Å². The highest BCUT2D eigenvalue weighted by atomic mass is 16.5. The quantitative estimate of drug-likeness (QED) is 0.709. The van der Waals surface area contributed by atoms with Gasteiger partial charge in [0.25, 0.3) is 0 Å². The minimum atomic E-state index is 0.0703. The van der Waals surface area contributed by atoms with Crippen LogP contribution in [0.1, 0.15) is 41.1 Å². The molecule has 0 amide bonds. The van der Waals surface area contributed by atoms with Crippen molar-refractivity contribution in [3.63, 3.8) is 0 Å². The van der Waals surface area contributed by atoms with Crippen LogP contribution in [0.25, 0.3) is 0 Å². The minimum absolute atomic E-state index is 0.0703. The molecule has 30 heavy (non-hydrogen) atoms. The third-order valence-corrected chi connectivity index (χ3v) is 6.35. The van der Waals surface area contributed by atoms with Crippen LogP contribution in [-0.4, -0.2) is 60.5 Å². The number of aliphatic imine (C=N–C) groups is 1. The number of morpholine rings is 1. The first-order valence-electron chi connectivity index (χ1n) is 10.7. The van der Waals surface area contributed by atoms with Gasteiger partial charge in [-0.15, -0.1) is 0 Å². The molecule has 4 heterocycles. The molecule has 3 aliphatic heterocycles. The molecule has 0 N–H and O–H groups in total. The van der Waals surface area contributed by atoms with Crippen molar-refractivity contribution in [2.45, 2.75) is 43.9 Å². The van der Waals surface area contributed by atoms with Crippen molar-refractivity contribution in [2.75, 3.05) is 26.9 Å². The fourth-order valence-corrected chi connectivity index (χ4v) is 4.87. The molecule has 0 saturated carbocycles. The zero-order valence-corrected chi connectivity index (χ0v) is 17.3. The fraction of sp³-hybridized carbons (Fsp3) is 0.458. The molecule has 2 bridgehead atoms. The van der Waals surface area contributed by atoms with Crippen molar-refractivity contribution in [3.05, 3.63) is 65.0 Å². The zero-order chi connectivity index (χ0) is 20.5. The first-order chi connectivity index (χ1) is 14.7. The second-order valence-corrected chi connectivity index (χ2v) is 8.45. The second-order valence-electron chi connectivity index (χ2n) is 8.45. The van der Waals surface area contributed by atoms with Gasteiger partial charge in [0.15, 0.2) is 0 Å². The molecule has 2 unspecified atom stereocenters. The van der Waals surface area contributed by atoms with Crippen LogP contribution in [0.5, 0.6) is 0 Å². The van der Waals surface area contributed by atoms with E-state index in [2.05, 4.69) is 28.1 Å². The molecule has 0 aliphatic carbocycles. The van der Waals surface area contributed by atoms with E-state index in [1.807, 2.05) is 24.4 Å². The van der Waals surface area contributed by atoms with Crippen LogP contribution in [0.3, 0.4) is 0 Å². The Morgan fingerprint density at radius 2 is 2.20 bits per heavy atom. The highest BCUT2D eigenvalue weighted by Gasteiger charge is 2.41. The summed E-state index contributed by atoms with van der Waals surface area (Å²) >= 11 is 0. The lowest BCUT2D eigenvalue weighted by Crippen LogP contribution is -2.41. The van der Waals surface area contributed by atoms with E-state index in [0.717, 1.165) is 42.2 Å². The SMILES string of the molecule is COC[C@@H](CC(=O)Cc1cc2c(cn1)C(N1CC3CC1CO3)=NC2)c1ccccc1. The number of fused-ring (bicyclic) bond motifs is 3. The number of Topliss-reactive ketones (excluding diaryl/α,β-unsaturated/α-hetero) is 1. The number of hydrogen-bond acceptors (Lipinski definition) is 6. The summed E-state index contributed by atoms with van der Waals surface area (Å²) in [6, 6.07) is 12.6. The number of aromatic nitrogens is 1. The average molecular weight is 405 g/mol. The Labute approximate surface area is 176 Å². The molecule has 2 aromatic rings. The number of methoxy groups -OCH3 is 1. The van der Waals surface area contributed by atoms with Gasteiger partial charge in [-0.3, -0.25) is 14.8 Å². The van der Waals surface area contributed by atoms with Crippen LogP contribution in [0.2, 0.25) is 0 Å². The van der Waals surface area contributed by atoms with E-state index in [0.29, 0.717) is 38.1 Å². The summed E-state index contributed by atoms with van der Waals surface area (Å²) in [7, 11) is 1.68. The molecule has 2 fully saturated rings. The number of carbonyl (C=O) groups excluding carboxylic acids is 1. The summed E-state index contributed by atoms with van der Waals surface area (Å²) in [4.78, 5) is 24.6. The summed E-state index contributed by atoms with van der Waals surface area (Å²) in [6.45, 7) is 2.92. The first kappa shape index (κ1) is 19.4. The van der Waals surface area contributed by atoms with Gasteiger partial charge in [0, 0.05) is 49.9 Å². The highest BCUT2D eigenvalue weighted by Crippen LogP contribution is 2.32. The van der Waals surface area contributed by atoms with Crippen molar-refractivity contribution in [1.29, 1.82) is 0 Å². The number of ether oxygens (including phenoxy) is 2. The molecule has 1 aromatic heterocycles. The number of nitrogens with zero attached hydrogens (tertiary/aromatic N) is 3. The van der Waals surface area contributed by atoms with E-state index < -0.39 is 0 Å². The Balaban J connectivity index is 1.25. The largest absolute Gasteiger partial charge is 0.384 e. The predicted molar refractivity (Wildman–Crippen MR) is 114 cm³/mol. The van der Waals surface area contributed by atoms with Gasteiger partial charge in [-0.1, -0.05) is 30.3 Å². The molecular weight excluding hydrogens is 378 g/mol. The van der Waals surface area contributed by atoms with Gasteiger partial charge < -0.3 is 14.4 Å². The lowest BCUT2D eigenvalue weighted by Gasteiger charge is -2.29. The van der Waals surface area contributed by atoms with E-state index in [9.17, 15) is 4.79 Å². The number of hydrogen-bond donors (Lipinski definition) is 0. The summed E-state index contributed by atoms with van der Waals surface area (Å²) < 4.78 is 11.1. The standard InChI is InChI=1S/C24H27N3O3/c1-29-14-18(16-5-3-2-4-6-16)8-21(28)9-19-7-17-11-26-24(23(17)12-25-19)27-13-22-10-20(27)15-30-22/h2-7,12,18,20,22H,8-11,13-15H2,1H3/t18-,20?,22?/m1/s1. The van der Waals surface area contributed by atoms with Crippen molar-refractivity contribution in [1.82, 2.24) is 9.88 Å². The number of rotatable bonds is 7. The van der Waals surface area contributed by atoms with Gasteiger partial charge in [-0.25, -0.2) is 0 Å². The zero-order valence-electron chi connectivity index (χ0n) is 17.3. The summed E-state index contributed by atoms with van der Waals surface area (Å²) in [5, 5.41) is 0. The molecule has 2 saturated heterocycles. The second kappa shape index (κ2) is 8.28. The summed E-state index contributed by atoms with van der Waals surface area (Å²) in [5.74, 6) is 1.30. The van der Waals surface area contributed by atoms with E-state index >= 15 is 0 Å². The van der Waals surface area contributed by atoms with Gasteiger partial charge in [-0.05, 0) is 23.6 Å². The molecular formula is C24H27N3O3. The van der Waals surface area contributed by atoms with E-state index in [4.69, 9.17) is 14.5 Å². The Bertz CT molecular complexity index is 959. The van der Waals surface area contributed by atoms with Gasteiger partial charge in [-0.2, -0.15) is 0 Å². The van der Waals surface area contributed by atoms with Gasteiger partial charge in [0.1, 0.15) is 11.6 Å². The summed E-state index contributed by atoms with van der Waals surface area (Å²) in [6.07, 6.45) is 4.14. The van der Waals surface area contributed by atoms with Crippen molar-refractivity contribution >= 4 is 11.6 Å². The Kier molecular flexibility index (Phi) is 5.35. The minimum Gasteiger partial charge on any atom is -0.384 e. The maximum Gasteiger partial charge on any atom is 0.139 e. The molecule has 5 rings (SSSR count). The third-order valence-electron chi connectivity index (χ3n) is 6.35. The summed E-state index contributed by atoms with van der Waals surface area (Å²) in [5.41, 5.74) is 4.24. The molecule has 6 nitrogen and oxygen atoms in total. The Hall–Kier alpha value is -2.57. The number of benzene rings is 1. The van der Waals surface area contributed by atoms with Crippen molar-refractivity contribution < 1.29 is 14.3 Å². The number of likely N-dealkylation sites (tertiary alicyclic amines) is 1. The van der Waals surface area contributed by atoms with E-state index in [1.54, 1.807) is 7.11 Å². The maximum atomic E-state index is 12.8. The predicted octanol–water partition coefficient (Wildman–Crippen LogP) is 2.75. The van der Waals surface area contributed by atoms with E-state index in [1.165, 1.54) is 5.56 Å². The maximum absolute atomic E-state index is 12.8. The molecule has 156 valence electrons. The normalized spacial score (nSPS) is 22.8. The molecule has 6 heteroatoms. The topological polar surface area (TPSA) is 64.0 Å². The van der Waals surface area contributed by atoms with Crippen LogP contribution in [0.4, 0.5) is 0 Å². The molecule has 0 radical (unpaired) electrons. The smallest absolute Gasteiger partial charge is 0.139 e. The van der Waals surface area contributed by atoms with Crippen LogP contribution in [-0.2, 0) is 27.2 Å². The Morgan fingerprint density at radius 1 is 1.33 bits per heavy atom. The van der Waals surface area contributed by atoms with E-state index in [-0.39, 0.29) is 11.7 Å². The average Bonchev–Trinajstić information content (AvgIpc) is 3.49. The molecule has 0 spiro atoms. The highest BCUT2D eigenvalue weighted by molar-refractivity contribution is 6.02. The third kappa shape index (κ3) is 3.77. The first-order valence-corrected chi connectivity index (χ1v) is 10.7. The number of pyridine rings is 1. The number of ketones is 1. The van der Waals surface area contributed by atoms with Gasteiger partial charge >= 0.3 is 0 Å². The lowest BCUT2D eigenvalue weighted by atomic mass is 9.93. The number of carbonyl (C=O) groups is 1. The Morgan fingerprint density at radius 3 is 2.93 bits per heavy atom. The molecule has 3 aliphatic rings. The fourth-order valence-electron chi connectivity index (χ4n) is 4.87.